The van der Waals surface area contributed by atoms with Crippen LogP contribution in [0.5, 0.6) is 0 Å². The van der Waals surface area contributed by atoms with Crippen LogP contribution >= 0.6 is 0 Å². The Morgan fingerprint density at radius 3 is 2.83 bits per heavy atom. The zero-order valence-corrected chi connectivity index (χ0v) is 15.7. The molecule has 0 radical (unpaired) electrons. The molecule has 0 aliphatic carbocycles. The number of benzene rings is 2. The van der Waals surface area contributed by atoms with Crippen LogP contribution in [0.4, 0.5) is 9.18 Å². The predicted molar refractivity (Wildman–Crippen MR) is 109 cm³/mol. The van der Waals surface area contributed by atoms with Crippen LogP contribution in [0.3, 0.4) is 0 Å². The average molecular weight is 386 g/mol. The van der Waals surface area contributed by atoms with Crippen molar-refractivity contribution in [1.82, 2.24) is 9.88 Å². The second-order valence-corrected chi connectivity index (χ2v) is 7.34. The normalized spacial score (nSPS) is 20.4. The van der Waals surface area contributed by atoms with E-state index in [1.807, 2.05) is 41.3 Å². The standard InChI is InChI=1S/C24H19FN2O2/c25-19-6-3-5-17(12-19)22-11-9-16(13-26-22)8-10-21-20-7-2-1-4-18(20)14-27-23(21)15-29-24(27)28/h1-13,21,23H,14-15H2/t21?,23-/m1/s1. The molecule has 0 spiro atoms. The van der Waals surface area contributed by atoms with Gasteiger partial charge < -0.3 is 4.74 Å². The minimum atomic E-state index is -0.276. The molecule has 0 saturated carbocycles. The first-order valence-electron chi connectivity index (χ1n) is 9.60. The maximum Gasteiger partial charge on any atom is 0.410 e. The van der Waals surface area contributed by atoms with E-state index in [1.54, 1.807) is 12.3 Å². The van der Waals surface area contributed by atoms with Crippen molar-refractivity contribution < 1.29 is 13.9 Å². The molecule has 0 N–H and O–H groups in total. The van der Waals surface area contributed by atoms with E-state index in [-0.39, 0.29) is 23.9 Å². The Morgan fingerprint density at radius 2 is 2.00 bits per heavy atom. The van der Waals surface area contributed by atoms with Crippen molar-refractivity contribution in [3.8, 4) is 11.3 Å². The maximum atomic E-state index is 13.4. The van der Waals surface area contributed by atoms with Gasteiger partial charge in [-0.15, -0.1) is 0 Å². The molecular weight excluding hydrogens is 367 g/mol. The summed E-state index contributed by atoms with van der Waals surface area (Å²) in [5.74, 6) is -0.212. The number of aromatic nitrogens is 1. The minimum Gasteiger partial charge on any atom is -0.447 e. The van der Waals surface area contributed by atoms with Gasteiger partial charge in [0.2, 0.25) is 0 Å². The molecule has 29 heavy (non-hydrogen) atoms. The Labute approximate surface area is 168 Å². The zero-order chi connectivity index (χ0) is 19.8. The second kappa shape index (κ2) is 7.17. The van der Waals surface area contributed by atoms with Crippen molar-refractivity contribution in [1.29, 1.82) is 0 Å². The third kappa shape index (κ3) is 3.29. The van der Waals surface area contributed by atoms with Crippen LogP contribution in [0, 0.1) is 5.82 Å². The molecule has 5 rings (SSSR count). The van der Waals surface area contributed by atoms with Crippen LogP contribution in [0.2, 0.25) is 0 Å². The van der Waals surface area contributed by atoms with Crippen molar-refractivity contribution in [2.24, 2.45) is 0 Å². The third-order valence-corrected chi connectivity index (χ3v) is 5.58. The summed E-state index contributed by atoms with van der Waals surface area (Å²) in [5.41, 5.74) is 4.80. The monoisotopic (exact) mass is 386 g/mol. The number of carbonyl (C=O) groups excluding carboxylic acids is 1. The highest BCUT2D eigenvalue weighted by Crippen LogP contribution is 2.37. The Balaban J connectivity index is 1.42. The Bertz CT molecular complexity index is 1090. The van der Waals surface area contributed by atoms with E-state index in [2.05, 4.69) is 23.2 Å². The summed E-state index contributed by atoms with van der Waals surface area (Å²) in [6.07, 6.45) is 5.68. The van der Waals surface area contributed by atoms with E-state index in [0.717, 1.165) is 22.4 Å². The molecule has 1 unspecified atom stereocenters. The van der Waals surface area contributed by atoms with Crippen molar-refractivity contribution in [3.63, 3.8) is 0 Å². The largest absolute Gasteiger partial charge is 0.447 e. The first-order valence-corrected chi connectivity index (χ1v) is 9.60. The SMILES string of the molecule is O=C1OC[C@@H]2C(C=Cc3ccc(-c4cccc(F)c4)nc3)c3ccccc3CN12. The number of carbonyl (C=O) groups is 1. The first kappa shape index (κ1) is 17.6. The van der Waals surface area contributed by atoms with Crippen molar-refractivity contribution in [2.45, 2.75) is 18.5 Å². The number of pyridine rings is 1. The fourth-order valence-electron chi connectivity index (χ4n) is 4.11. The van der Waals surface area contributed by atoms with Crippen molar-refractivity contribution in [2.75, 3.05) is 6.61 Å². The van der Waals surface area contributed by atoms with Crippen LogP contribution in [0.1, 0.15) is 22.6 Å². The summed E-state index contributed by atoms with van der Waals surface area (Å²) in [4.78, 5) is 18.4. The summed E-state index contributed by atoms with van der Waals surface area (Å²) >= 11 is 0. The molecule has 2 aliphatic heterocycles. The fraction of sp³-hybridized carbons (Fsp3) is 0.167. The van der Waals surface area contributed by atoms with Crippen molar-refractivity contribution >= 4 is 12.2 Å². The number of amides is 1. The highest BCUT2D eigenvalue weighted by molar-refractivity contribution is 5.72. The van der Waals surface area contributed by atoms with Gasteiger partial charge in [-0.25, -0.2) is 9.18 Å². The number of ether oxygens (including phenoxy) is 1. The number of hydrogen-bond acceptors (Lipinski definition) is 3. The minimum absolute atomic E-state index is 0.00757. The van der Waals surface area contributed by atoms with E-state index >= 15 is 0 Å². The molecule has 144 valence electrons. The van der Waals surface area contributed by atoms with E-state index in [0.29, 0.717) is 13.2 Å². The molecule has 2 aliphatic rings. The van der Waals surface area contributed by atoms with Gasteiger partial charge in [-0.3, -0.25) is 9.88 Å². The fourth-order valence-corrected chi connectivity index (χ4v) is 4.11. The first-order chi connectivity index (χ1) is 14.2. The second-order valence-electron chi connectivity index (χ2n) is 7.34. The molecule has 4 nitrogen and oxygen atoms in total. The molecule has 3 heterocycles. The van der Waals surface area contributed by atoms with Gasteiger partial charge in [0.25, 0.3) is 0 Å². The van der Waals surface area contributed by atoms with Gasteiger partial charge >= 0.3 is 6.09 Å². The summed E-state index contributed by atoms with van der Waals surface area (Å²) in [7, 11) is 0. The number of cyclic esters (lactones) is 1. The van der Waals surface area contributed by atoms with Crippen LogP contribution in [0.25, 0.3) is 17.3 Å². The number of fused-ring (bicyclic) bond motifs is 2. The lowest BCUT2D eigenvalue weighted by atomic mass is 9.83. The lowest BCUT2D eigenvalue weighted by molar-refractivity contribution is 0.154. The highest BCUT2D eigenvalue weighted by atomic mass is 19.1. The lowest BCUT2D eigenvalue weighted by Crippen LogP contribution is -2.41. The van der Waals surface area contributed by atoms with E-state index in [9.17, 15) is 9.18 Å². The van der Waals surface area contributed by atoms with Crippen LogP contribution in [-0.4, -0.2) is 28.6 Å². The van der Waals surface area contributed by atoms with Gasteiger partial charge in [0.1, 0.15) is 12.4 Å². The molecular formula is C24H19FN2O2. The van der Waals surface area contributed by atoms with E-state index < -0.39 is 0 Å². The number of nitrogens with zero attached hydrogens (tertiary/aromatic N) is 2. The molecule has 0 bridgehead atoms. The topological polar surface area (TPSA) is 42.4 Å². The summed E-state index contributed by atoms with van der Waals surface area (Å²) < 4.78 is 18.7. The van der Waals surface area contributed by atoms with Gasteiger partial charge in [0.15, 0.2) is 0 Å². The smallest absolute Gasteiger partial charge is 0.410 e. The summed E-state index contributed by atoms with van der Waals surface area (Å²) in [6.45, 7) is 0.993. The Morgan fingerprint density at radius 1 is 1.10 bits per heavy atom. The molecule has 1 fully saturated rings. The Kier molecular flexibility index (Phi) is 4.35. The Hall–Kier alpha value is -3.47. The predicted octanol–water partition coefficient (Wildman–Crippen LogP) is 5.02. The van der Waals surface area contributed by atoms with Crippen molar-refractivity contribution in [3.05, 3.63) is 95.4 Å². The summed E-state index contributed by atoms with van der Waals surface area (Å²) in [6, 6.07) is 18.5. The molecule has 1 saturated heterocycles. The van der Waals surface area contributed by atoms with E-state index in [4.69, 9.17) is 4.74 Å². The number of halogens is 1. The van der Waals surface area contributed by atoms with Crippen LogP contribution in [0.15, 0.2) is 72.9 Å². The third-order valence-electron chi connectivity index (χ3n) is 5.58. The molecule has 2 aromatic carbocycles. The van der Waals surface area contributed by atoms with E-state index in [1.165, 1.54) is 17.7 Å². The van der Waals surface area contributed by atoms with Crippen LogP contribution in [-0.2, 0) is 11.3 Å². The highest BCUT2D eigenvalue weighted by Gasteiger charge is 2.42. The molecule has 1 amide bonds. The van der Waals surface area contributed by atoms with Gasteiger partial charge in [0.05, 0.1) is 11.7 Å². The quantitative estimate of drug-likeness (QED) is 0.635. The maximum absolute atomic E-state index is 13.4. The summed E-state index contributed by atoms with van der Waals surface area (Å²) in [5, 5.41) is 0. The van der Waals surface area contributed by atoms with Crippen LogP contribution < -0.4 is 0 Å². The number of rotatable bonds is 3. The van der Waals surface area contributed by atoms with Gasteiger partial charge in [-0.05, 0) is 34.9 Å². The lowest BCUT2D eigenvalue weighted by Gasteiger charge is -2.34. The van der Waals surface area contributed by atoms with Gasteiger partial charge in [-0.1, -0.05) is 54.6 Å². The molecule has 5 heteroatoms. The zero-order valence-electron chi connectivity index (χ0n) is 15.7. The molecule has 3 aromatic rings. The van der Waals surface area contributed by atoms with Gasteiger partial charge in [0, 0.05) is 24.2 Å². The molecule has 2 atom stereocenters. The molecule has 1 aromatic heterocycles. The van der Waals surface area contributed by atoms with Gasteiger partial charge in [-0.2, -0.15) is 0 Å². The average Bonchev–Trinajstić information content (AvgIpc) is 3.12. The number of hydrogen-bond donors (Lipinski definition) is 0.